The van der Waals surface area contributed by atoms with E-state index < -0.39 is 46.3 Å². The summed E-state index contributed by atoms with van der Waals surface area (Å²) in [6.07, 6.45) is -2.36. The van der Waals surface area contributed by atoms with Crippen LogP contribution in [-0.4, -0.2) is 58.7 Å². The number of thiophene rings is 1. The van der Waals surface area contributed by atoms with Gasteiger partial charge < -0.3 is 25.8 Å². The highest BCUT2D eigenvalue weighted by Gasteiger charge is 2.44. The first kappa shape index (κ1) is 32.5. The molecular formula is C33H29F5N8O2S. The van der Waals surface area contributed by atoms with Crippen molar-refractivity contribution in [3.8, 4) is 29.0 Å². The summed E-state index contributed by atoms with van der Waals surface area (Å²) < 4.78 is 89.9. The SMILES string of the molecule is CC(Oc1nc2c3c(c(C(F)(F)F)c(-c4ccc(F)c5sc(N)c(C#N)c45)c(F)c3n1)OCCN2Cc1cccnc1N)C1CCCN1C. The second-order valence-electron chi connectivity index (χ2n) is 12.0. The summed E-state index contributed by atoms with van der Waals surface area (Å²) in [6.45, 7) is 2.51. The molecule has 1 fully saturated rings. The molecule has 0 radical (unpaired) electrons. The number of benzene rings is 2. The largest absolute Gasteiger partial charge is 0.490 e. The maximum atomic E-state index is 17.2. The van der Waals surface area contributed by atoms with Crippen LogP contribution in [0.5, 0.6) is 11.8 Å². The van der Waals surface area contributed by atoms with Gasteiger partial charge >= 0.3 is 12.2 Å². The molecule has 10 nitrogen and oxygen atoms in total. The monoisotopic (exact) mass is 696 g/mol. The summed E-state index contributed by atoms with van der Waals surface area (Å²) >= 11 is 0.686. The molecule has 5 aromatic rings. The lowest BCUT2D eigenvalue weighted by Crippen LogP contribution is -2.38. The molecule has 16 heteroatoms. The minimum atomic E-state index is -5.19. The molecule has 254 valence electrons. The van der Waals surface area contributed by atoms with Crippen molar-refractivity contribution in [2.45, 2.75) is 44.6 Å². The van der Waals surface area contributed by atoms with E-state index in [9.17, 15) is 9.65 Å². The maximum absolute atomic E-state index is 17.2. The third-order valence-corrected chi connectivity index (χ3v) is 10.1. The molecule has 2 unspecified atom stereocenters. The summed E-state index contributed by atoms with van der Waals surface area (Å²) in [5, 5.41) is 9.19. The third-order valence-electron chi connectivity index (χ3n) is 9.09. The topological polar surface area (TPSA) is 139 Å². The van der Waals surface area contributed by atoms with Crippen molar-refractivity contribution < 1.29 is 31.4 Å². The smallest absolute Gasteiger partial charge is 0.420 e. The average molecular weight is 697 g/mol. The first-order chi connectivity index (χ1) is 23.4. The number of hydrogen-bond acceptors (Lipinski definition) is 11. The average Bonchev–Trinajstić information content (AvgIpc) is 3.59. The van der Waals surface area contributed by atoms with Gasteiger partial charge in [0.15, 0.2) is 5.82 Å². The van der Waals surface area contributed by atoms with E-state index in [0.29, 0.717) is 16.9 Å². The Morgan fingerprint density at radius 2 is 1.96 bits per heavy atom. The van der Waals surface area contributed by atoms with Crippen LogP contribution in [0.15, 0.2) is 30.5 Å². The zero-order valence-corrected chi connectivity index (χ0v) is 27.1. The highest BCUT2D eigenvalue weighted by Crippen LogP contribution is 2.53. The van der Waals surface area contributed by atoms with Gasteiger partial charge in [0.1, 0.15) is 58.1 Å². The number of likely N-dealkylation sites (tertiary alicyclic amines) is 1. The van der Waals surface area contributed by atoms with Crippen LogP contribution in [0.2, 0.25) is 0 Å². The van der Waals surface area contributed by atoms with E-state index in [-0.39, 0.29) is 75.0 Å². The minimum absolute atomic E-state index is 0.00224. The predicted octanol–water partition coefficient (Wildman–Crippen LogP) is 6.50. The van der Waals surface area contributed by atoms with Gasteiger partial charge in [-0.25, -0.2) is 13.8 Å². The number of hydrogen-bond donors (Lipinski definition) is 2. The lowest BCUT2D eigenvalue weighted by Gasteiger charge is -2.27. The number of nitrogens with zero attached hydrogens (tertiary/aromatic N) is 6. The third kappa shape index (κ3) is 5.46. The molecule has 0 aliphatic carbocycles. The van der Waals surface area contributed by atoms with Crippen molar-refractivity contribution in [1.82, 2.24) is 19.9 Å². The van der Waals surface area contributed by atoms with Crippen molar-refractivity contribution in [3.05, 3.63) is 58.8 Å². The number of likely N-dealkylation sites (N-methyl/N-ethyl adjacent to an activating group) is 1. The fourth-order valence-corrected chi connectivity index (χ4v) is 7.75. The van der Waals surface area contributed by atoms with Crippen LogP contribution in [0.25, 0.3) is 32.1 Å². The van der Waals surface area contributed by atoms with Crippen LogP contribution in [0.1, 0.15) is 36.5 Å². The normalized spacial score (nSPS) is 17.3. The quantitative estimate of drug-likeness (QED) is 0.189. The summed E-state index contributed by atoms with van der Waals surface area (Å²) in [6, 6.07) is 6.88. The molecule has 0 amide bonds. The number of aromatic nitrogens is 3. The van der Waals surface area contributed by atoms with E-state index in [0.717, 1.165) is 31.5 Å². The molecule has 3 aromatic heterocycles. The van der Waals surface area contributed by atoms with Crippen molar-refractivity contribution in [1.29, 1.82) is 5.26 Å². The summed E-state index contributed by atoms with van der Waals surface area (Å²) in [4.78, 5) is 16.8. The second-order valence-corrected chi connectivity index (χ2v) is 13.1. The van der Waals surface area contributed by atoms with Crippen molar-refractivity contribution in [3.63, 3.8) is 0 Å². The lowest BCUT2D eigenvalue weighted by molar-refractivity contribution is -0.138. The molecule has 2 aromatic carbocycles. The predicted molar refractivity (Wildman–Crippen MR) is 175 cm³/mol. The standard InChI is InChI=1S/C33H29F5N8O2S/c1-15(20-6-4-10-45(20)2)48-32-43-26-23-27(47-12-11-46(31(23)44-32)14-16-5-3-9-42-29(16)40)24(33(36,37)38)22(25(26)35)17-7-8-19(34)28-21(17)18(13-39)30(41)49-28/h3,5,7-9,15,20H,4,6,10-12,14,41H2,1-2H3,(H2,40,42). The van der Waals surface area contributed by atoms with Crippen LogP contribution in [-0.2, 0) is 12.7 Å². The molecule has 0 spiro atoms. The number of alkyl halides is 3. The molecule has 0 saturated carbocycles. The van der Waals surface area contributed by atoms with E-state index >= 15 is 17.6 Å². The molecular weight excluding hydrogens is 667 g/mol. The van der Waals surface area contributed by atoms with Crippen LogP contribution in [0.4, 0.5) is 38.6 Å². The minimum Gasteiger partial charge on any atom is -0.490 e. The van der Waals surface area contributed by atoms with Crippen molar-refractivity contribution in [2.24, 2.45) is 0 Å². The second kappa shape index (κ2) is 12.1. The van der Waals surface area contributed by atoms with E-state index in [1.54, 1.807) is 17.0 Å². The van der Waals surface area contributed by atoms with Crippen molar-refractivity contribution in [2.75, 3.05) is 43.1 Å². The van der Waals surface area contributed by atoms with Gasteiger partial charge in [-0.05, 0) is 51.1 Å². The lowest BCUT2D eigenvalue weighted by atomic mass is 9.91. The zero-order valence-electron chi connectivity index (χ0n) is 26.2. The highest BCUT2D eigenvalue weighted by atomic mass is 32.1. The number of nitriles is 1. The van der Waals surface area contributed by atoms with E-state index in [4.69, 9.17) is 20.9 Å². The molecule has 2 aliphatic rings. The van der Waals surface area contributed by atoms with Gasteiger partial charge in [-0.1, -0.05) is 12.1 Å². The molecule has 2 atom stereocenters. The Labute approximate surface area is 280 Å². The molecule has 1 saturated heterocycles. The van der Waals surface area contributed by atoms with Crippen molar-refractivity contribution >= 4 is 49.0 Å². The van der Waals surface area contributed by atoms with Crippen LogP contribution >= 0.6 is 11.3 Å². The highest BCUT2D eigenvalue weighted by molar-refractivity contribution is 7.23. The Kier molecular flexibility index (Phi) is 8.07. The molecule has 4 N–H and O–H groups in total. The number of halogens is 5. The van der Waals surface area contributed by atoms with E-state index in [2.05, 4.69) is 19.9 Å². The Bertz CT molecular complexity index is 2170. The van der Waals surface area contributed by atoms with Gasteiger partial charge in [0.05, 0.1) is 22.2 Å². The Morgan fingerprint density at radius 1 is 1.16 bits per heavy atom. The number of pyridine rings is 1. The number of nitrogen functional groups attached to an aromatic ring is 2. The zero-order chi connectivity index (χ0) is 34.8. The summed E-state index contributed by atoms with van der Waals surface area (Å²) in [5.74, 6) is -2.75. The van der Waals surface area contributed by atoms with Crippen LogP contribution < -0.4 is 25.8 Å². The Morgan fingerprint density at radius 3 is 2.65 bits per heavy atom. The van der Waals surface area contributed by atoms with Crippen LogP contribution in [0.3, 0.4) is 0 Å². The molecule has 49 heavy (non-hydrogen) atoms. The molecule has 2 aliphatic heterocycles. The first-order valence-corrected chi connectivity index (χ1v) is 16.2. The van der Waals surface area contributed by atoms with Gasteiger partial charge in [-0.2, -0.15) is 28.4 Å². The molecule has 0 bridgehead atoms. The number of fused-ring (bicyclic) bond motifs is 1. The fraction of sp³-hybridized carbons (Fsp3) is 0.333. The van der Waals surface area contributed by atoms with Gasteiger partial charge in [0, 0.05) is 35.3 Å². The van der Waals surface area contributed by atoms with E-state index in [1.165, 1.54) is 6.20 Å². The molecule has 7 rings (SSSR count). The number of nitrogens with two attached hydrogens (primary N) is 2. The summed E-state index contributed by atoms with van der Waals surface area (Å²) in [5.41, 5.74) is 9.08. The Hall–Kier alpha value is -5.01. The number of ether oxygens (including phenoxy) is 2. The van der Waals surface area contributed by atoms with Gasteiger partial charge in [-0.3, -0.25) is 4.90 Å². The van der Waals surface area contributed by atoms with Gasteiger partial charge in [-0.15, -0.1) is 11.3 Å². The Balaban J connectivity index is 1.55. The first-order valence-electron chi connectivity index (χ1n) is 15.4. The number of anilines is 3. The van der Waals surface area contributed by atoms with Crippen LogP contribution in [0, 0.1) is 23.0 Å². The van der Waals surface area contributed by atoms with Gasteiger partial charge in [0.25, 0.3) is 0 Å². The number of rotatable bonds is 6. The summed E-state index contributed by atoms with van der Waals surface area (Å²) in [7, 11) is 1.96. The maximum Gasteiger partial charge on any atom is 0.420 e. The van der Waals surface area contributed by atoms with Gasteiger partial charge in [0.2, 0.25) is 0 Å². The fourth-order valence-electron chi connectivity index (χ4n) is 6.80. The van der Waals surface area contributed by atoms with E-state index in [1.807, 2.05) is 20.0 Å². The molecule has 5 heterocycles.